The summed E-state index contributed by atoms with van der Waals surface area (Å²) in [5.41, 5.74) is 0.185. The minimum Gasteiger partial charge on any atom is -0.394 e. The van der Waals surface area contributed by atoms with Gasteiger partial charge in [0.25, 0.3) is 0 Å². The van der Waals surface area contributed by atoms with E-state index in [2.05, 4.69) is 26.1 Å². The molecule has 0 spiro atoms. The van der Waals surface area contributed by atoms with Gasteiger partial charge in [-0.15, -0.1) is 0 Å². The van der Waals surface area contributed by atoms with Crippen molar-refractivity contribution in [2.45, 2.75) is 32.7 Å². The lowest BCUT2D eigenvalue weighted by Crippen LogP contribution is -2.36. The molecule has 0 aromatic carbocycles. The maximum atomic E-state index is 8.44. The number of nitrogens with one attached hydrogen (secondary N) is 1. The van der Waals surface area contributed by atoms with Crippen LogP contribution in [0.4, 0.5) is 0 Å². The summed E-state index contributed by atoms with van der Waals surface area (Å²) < 4.78 is 10.4. The fourth-order valence-corrected chi connectivity index (χ4v) is 1.02. The zero-order valence-electron chi connectivity index (χ0n) is 10.2. The summed E-state index contributed by atoms with van der Waals surface area (Å²) in [5, 5.41) is 11.8. The molecule has 0 bridgehead atoms. The van der Waals surface area contributed by atoms with Crippen molar-refractivity contribution in [2.75, 3.05) is 39.6 Å². The second kappa shape index (κ2) is 9.09. The lowest BCUT2D eigenvalue weighted by molar-refractivity contribution is 0.0323. The van der Waals surface area contributed by atoms with Gasteiger partial charge in [0.2, 0.25) is 0 Å². The lowest BCUT2D eigenvalue weighted by Gasteiger charge is -2.20. The number of aliphatic hydroxyl groups is 1. The first-order valence-corrected chi connectivity index (χ1v) is 5.57. The van der Waals surface area contributed by atoms with E-state index < -0.39 is 0 Å². The molecule has 0 aliphatic carbocycles. The molecule has 0 saturated carbocycles. The molecule has 4 heteroatoms. The quantitative estimate of drug-likeness (QED) is 0.563. The molecule has 0 saturated heterocycles. The molecular weight excluding hydrogens is 194 g/mol. The van der Waals surface area contributed by atoms with Gasteiger partial charge in [-0.3, -0.25) is 0 Å². The number of hydrogen-bond acceptors (Lipinski definition) is 4. The van der Waals surface area contributed by atoms with Crippen LogP contribution >= 0.6 is 0 Å². The highest BCUT2D eigenvalue weighted by Crippen LogP contribution is 1.97. The molecule has 0 aliphatic heterocycles. The van der Waals surface area contributed by atoms with Crippen LogP contribution in [0.15, 0.2) is 0 Å². The number of aliphatic hydroxyl groups excluding tert-OH is 1. The average molecular weight is 219 g/mol. The summed E-state index contributed by atoms with van der Waals surface area (Å²) in [4.78, 5) is 0. The van der Waals surface area contributed by atoms with E-state index in [4.69, 9.17) is 14.6 Å². The van der Waals surface area contributed by atoms with Gasteiger partial charge in [0, 0.05) is 12.1 Å². The van der Waals surface area contributed by atoms with E-state index in [-0.39, 0.29) is 12.1 Å². The minimum atomic E-state index is 0.0789. The van der Waals surface area contributed by atoms with E-state index in [1.54, 1.807) is 0 Å². The van der Waals surface area contributed by atoms with Gasteiger partial charge >= 0.3 is 0 Å². The van der Waals surface area contributed by atoms with Crippen LogP contribution in [0.2, 0.25) is 0 Å². The molecule has 4 nitrogen and oxygen atoms in total. The first kappa shape index (κ1) is 14.8. The molecular formula is C11H25NO3. The zero-order valence-corrected chi connectivity index (χ0v) is 10.2. The van der Waals surface area contributed by atoms with Crippen LogP contribution in [0.3, 0.4) is 0 Å². The second-order valence-electron chi connectivity index (χ2n) is 4.48. The highest BCUT2D eigenvalue weighted by Gasteiger charge is 2.06. The molecule has 92 valence electrons. The van der Waals surface area contributed by atoms with Crippen molar-refractivity contribution >= 4 is 0 Å². The van der Waals surface area contributed by atoms with Crippen molar-refractivity contribution in [3.05, 3.63) is 0 Å². The Labute approximate surface area is 93.0 Å². The van der Waals surface area contributed by atoms with Crippen molar-refractivity contribution in [1.82, 2.24) is 5.32 Å². The summed E-state index contributed by atoms with van der Waals surface area (Å²) in [6.07, 6.45) is 1.01. The molecule has 0 aromatic rings. The van der Waals surface area contributed by atoms with Gasteiger partial charge in [0.05, 0.1) is 26.4 Å². The highest BCUT2D eigenvalue weighted by atomic mass is 16.5. The average Bonchev–Trinajstić information content (AvgIpc) is 2.14. The number of rotatable bonds is 9. The Balaban J connectivity index is 2.99. The summed E-state index contributed by atoms with van der Waals surface area (Å²) in [5.74, 6) is 0. The Morgan fingerprint density at radius 1 is 1.00 bits per heavy atom. The molecule has 0 radical (unpaired) electrons. The van der Waals surface area contributed by atoms with Crippen molar-refractivity contribution in [3.63, 3.8) is 0 Å². The second-order valence-corrected chi connectivity index (χ2v) is 4.48. The Hall–Kier alpha value is -0.160. The van der Waals surface area contributed by atoms with Gasteiger partial charge in [-0.1, -0.05) is 0 Å². The molecule has 0 aliphatic rings. The fourth-order valence-electron chi connectivity index (χ4n) is 1.02. The molecule has 0 rings (SSSR count). The number of ether oxygens (including phenoxy) is 2. The lowest BCUT2D eigenvalue weighted by atomic mass is 10.1. The van der Waals surface area contributed by atoms with Crippen LogP contribution in [0.5, 0.6) is 0 Å². The van der Waals surface area contributed by atoms with Crippen LogP contribution in [0.25, 0.3) is 0 Å². The molecule has 2 N–H and O–H groups in total. The SMILES string of the molecule is CC(C)(C)NCCCOCCOCCO. The summed E-state index contributed by atoms with van der Waals surface area (Å²) >= 11 is 0. The van der Waals surface area contributed by atoms with Gasteiger partial charge in [-0.25, -0.2) is 0 Å². The fraction of sp³-hybridized carbons (Fsp3) is 1.00. The molecule has 15 heavy (non-hydrogen) atoms. The van der Waals surface area contributed by atoms with Crippen molar-refractivity contribution in [3.8, 4) is 0 Å². The van der Waals surface area contributed by atoms with E-state index in [0.717, 1.165) is 19.6 Å². The van der Waals surface area contributed by atoms with Crippen molar-refractivity contribution < 1.29 is 14.6 Å². The van der Waals surface area contributed by atoms with Crippen LogP contribution in [0.1, 0.15) is 27.2 Å². The Morgan fingerprint density at radius 2 is 1.60 bits per heavy atom. The predicted molar refractivity (Wildman–Crippen MR) is 61.1 cm³/mol. The van der Waals surface area contributed by atoms with E-state index >= 15 is 0 Å². The Kier molecular flexibility index (Phi) is 9.00. The predicted octanol–water partition coefficient (Wildman–Crippen LogP) is 0.790. The molecule has 0 heterocycles. The molecule has 0 fully saturated rings. The van der Waals surface area contributed by atoms with Crippen molar-refractivity contribution in [2.24, 2.45) is 0 Å². The van der Waals surface area contributed by atoms with E-state index in [0.29, 0.717) is 19.8 Å². The maximum absolute atomic E-state index is 8.44. The first-order chi connectivity index (χ1) is 7.06. The van der Waals surface area contributed by atoms with Gasteiger partial charge in [-0.2, -0.15) is 0 Å². The molecule has 0 aromatic heterocycles. The number of hydrogen-bond donors (Lipinski definition) is 2. The van der Waals surface area contributed by atoms with E-state index in [1.165, 1.54) is 0 Å². The standard InChI is InChI=1S/C11H25NO3/c1-11(2,3)12-5-4-7-14-9-10-15-8-6-13/h12-13H,4-10H2,1-3H3. The minimum absolute atomic E-state index is 0.0789. The Bertz CT molecular complexity index is 134. The van der Waals surface area contributed by atoms with Crippen LogP contribution in [-0.2, 0) is 9.47 Å². The third-order valence-electron chi connectivity index (χ3n) is 1.73. The third-order valence-corrected chi connectivity index (χ3v) is 1.73. The normalized spacial score (nSPS) is 12.0. The van der Waals surface area contributed by atoms with E-state index in [9.17, 15) is 0 Å². The van der Waals surface area contributed by atoms with Gasteiger partial charge in [0.15, 0.2) is 0 Å². The van der Waals surface area contributed by atoms with E-state index in [1.807, 2.05) is 0 Å². The molecule has 0 unspecified atom stereocenters. The zero-order chi connectivity index (χ0) is 11.6. The van der Waals surface area contributed by atoms with Crippen molar-refractivity contribution in [1.29, 1.82) is 0 Å². The summed E-state index contributed by atoms with van der Waals surface area (Å²) in [7, 11) is 0. The summed E-state index contributed by atoms with van der Waals surface area (Å²) in [6, 6.07) is 0. The maximum Gasteiger partial charge on any atom is 0.0701 e. The topological polar surface area (TPSA) is 50.7 Å². The molecule has 0 atom stereocenters. The Morgan fingerprint density at radius 3 is 2.13 bits per heavy atom. The molecule has 0 amide bonds. The van der Waals surface area contributed by atoms with Gasteiger partial charge in [-0.05, 0) is 33.7 Å². The smallest absolute Gasteiger partial charge is 0.0701 e. The van der Waals surface area contributed by atoms with Gasteiger partial charge < -0.3 is 19.9 Å². The van der Waals surface area contributed by atoms with Crippen LogP contribution < -0.4 is 5.32 Å². The van der Waals surface area contributed by atoms with Crippen LogP contribution in [-0.4, -0.2) is 50.2 Å². The highest BCUT2D eigenvalue weighted by molar-refractivity contribution is 4.69. The van der Waals surface area contributed by atoms with Gasteiger partial charge in [0.1, 0.15) is 0 Å². The monoisotopic (exact) mass is 219 g/mol. The first-order valence-electron chi connectivity index (χ1n) is 5.57. The largest absolute Gasteiger partial charge is 0.394 e. The third kappa shape index (κ3) is 13.8. The summed E-state index contributed by atoms with van der Waals surface area (Å²) in [6.45, 7) is 9.82. The van der Waals surface area contributed by atoms with Crippen LogP contribution in [0, 0.1) is 0 Å².